The molecule has 3 heterocycles. The topological polar surface area (TPSA) is 123 Å². The van der Waals surface area contributed by atoms with E-state index >= 15 is 0 Å². The van der Waals surface area contributed by atoms with Crippen LogP contribution in [0.4, 0.5) is 11.4 Å². The number of ether oxygens (including phenoxy) is 2. The van der Waals surface area contributed by atoms with Gasteiger partial charge >= 0.3 is 5.97 Å². The summed E-state index contributed by atoms with van der Waals surface area (Å²) < 4.78 is 10.7. The molecule has 2 aromatic heterocycles. The third kappa shape index (κ3) is 3.60. The molecule has 0 amide bonds. The second-order valence-corrected chi connectivity index (χ2v) is 6.36. The summed E-state index contributed by atoms with van der Waals surface area (Å²) in [7, 11) is 0. The van der Waals surface area contributed by atoms with Crippen LogP contribution in [0.1, 0.15) is 12.5 Å². The van der Waals surface area contributed by atoms with Gasteiger partial charge < -0.3 is 14.5 Å². The van der Waals surface area contributed by atoms with E-state index in [1.54, 1.807) is 25.4 Å². The number of esters is 1. The van der Waals surface area contributed by atoms with Gasteiger partial charge in [-0.2, -0.15) is 0 Å². The SMILES string of the molecule is CCOC(=O)C1C(=O)/C(=C/c2c[nH]c3ncccc23)OC1=Nc1ccc(N=O)cc1. The van der Waals surface area contributed by atoms with Crippen LogP contribution in [0.2, 0.25) is 0 Å². The number of nitrogens with one attached hydrogen (secondary N) is 1. The van der Waals surface area contributed by atoms with Gasteiger partial charge in [-0.1, -0.05) is 0 Å². The van der Waals surface area contributed by atoms with Crippen molar-refractivity contribution < 1.29 is 19.1 Å². The molecule has 0 saturated carbocycles. The fourth-order valence-electron chi connectivity index (χ4n) is 3.05. The Balaban J connectivity index is 1.73. The van der Waals surface area contributed by atoms with E-state index in [0.717, 1.165) is 5.39 Å². The van der Waals surface area contributed by atoms with Crippen LogP contribution in [0.5, 0.6) is 0 Å². The summed E-state index contributed by atoms with van der Waals surface area (Å²) in [6, 6.07) is 9.64. The van der Waals surface area contributed by atoms with Gasteiger partial charge in [-0.25, -0.2) is 9.98 Å². The Morgan fingerprint density at radius 3 is 2.77 bits per heavy atom. The third-order valence-corrected chi connectivity index (χ3v) is 4.45. The average Bonchev–Trinajstić information content (AvgIpc) is 3.30. The normalized spacial score (nSPS) is 18.7. The minimum Gasteiger partial charge on any atom is -0.465 e. The standard InChI is InChI=1S/C21H16N4O5/c1-2-29-21(27)17-18(26)16(10-12-11-23-19-15(12)4-3-9-22-19)30-20(17)24-13-5-7-14(25-28)8-6-13/h3-11,17H,2H2,1H3,(H,22,23)/b16-10-,24-20?. The number of nitrogens with zero attached hydrogens (tertiary/aromatic N) is 3. The summed E-state index contributed by atoms with van der Waals surface area (Å²) >= 11 is 0. The molecule has 1 aliphatic heterocycles. The number of aromatic amines is 1. The van der Waals surface area contributed by atoms with E-state index in [1.807, 2.05) is 6.07 Å². The number of allylic oxidation sites excluding steroid dienone is 1. The van der Waals surface area contributed by atoms with Crippen LogP contribution in [0.25, 0.3) is 17.1 Å². The minimum atomic E-state index is -1.30. The molecule has 4 rings (SSSR count). The van der Waals surface area contributed by atoms with Gasteiger partial charge in [0, 0.05) is 23.3 Å². The number of hydrogen-bond donors (Lipinski definition) is 1. The molecule has 1 saturated heterocycles. The molecule has 1 atom stereocenters. The summed E-state index contributed by atoms with van der Waals surface area (Å²) in [6.45, 7) is 1.76. The Kier molecular flexibility index (Phi) is 5.17. The van der Waals surface area contributed by atoms with Crippen LogP contribution in [0.15, 0.2) is 64.7 Å². The van der Waals surface area contributed by atoms with Gasteiger partial charge in [0.15, 0.2) is 11.7 Å². The van der Waals surface area contributed by atoms with Crippen molar-refractivity contribution in [1.82, 2.24) is 9.97 Å². The zero-order chi connectivity index (χ0) is 21.1. The molecule has 9 heteroatoms. The lowest BCUT2D eigenvalue weighted by molar-refractivity contribution is -0.147. The molecule has 1 aliphatic rings. The zero-order valence-corrected chi connectivity index (χ0v) is 15.9. The number of fused-ring (bicyclic) bond motifs is 1. The van der Waals surface area contributed by atoms with Gasteiger partial charge in [0.2, 0.25) is 11.7 Å². The molecule has 9 nitrogen and oxygen atoms in total. The Morgan fingerprint density at radius 2 is 2.03 bits per heavy atom. The quantitative estimate of drug-likeness (QED) is 0.298. The number of carbonyl (C=O) groups is 2. The van der Waals surface area contributed by atoms with Crippen LogP contribution in [-0.2, 0) is 19.1 Å². The number of Topliss-reactive ketones (excluding diaryl/α,β-unsaturated/α-hetero) is 1. The van der Waals surface area contributed by atoms with Crippen molar-refractivity contribution in [2.45, 2.75) is 6.92 Å². The lowest BCUT2D eigenvalue weighted by atomic mass is 10.0. The first-order valence-corrected chi connectivity index (χ1v) is 9.15. The first kappa shape index (κ1) is 19.2. The number of aliphatic imine (C=N–C) groups is 1. The van der Waals surface area contributed by atoms with E-state index in [4.69, 9.17) is 9.47 Å². The number of hydrogen-bond acceptors (Lipinski definition) is 8. The molecular weight excluding hydrogens is 388 g/mol. The first-order valence-electron chi connectivity index (χ1n) is 9.15. The first-order chi connectivity index (χ1) is 14.6. The van der Waals surface area contributed by atoms with Gasteiger partial charge in [-0.15, -0.1) is 4.91 Å². The summed E-state index contributed by atoms with van der Waals surface area (Å²) in [6.07, 6.45) is 4.89. The summed E-state index contributed by atoms with van der Waals surface area (Å²) in [5, 5.41) is 3.63. The molecule has 1 N–H and O–H groups in total. The molecular formula is C21H16N4O5. The van der Waals surface area contributed by atoms with Crippen LogP contribution in [0.3, 0.4) is 0 Å². The van der Waals surface area contributed by atoms with Crippen molar-refractivity contribution in [1.29, 1.82) is 0 Å². The van der Waals surface area contributed by atoms with E-state index in [1.165, 1.54) is 30.3 Å². The number of pyridine rings is 1. The number of benzene rings is 1. The molecule has 0 radical (unpaired) electrons. The van der Waals surface area contributed by atoms with E-state index in [-0.39, 0.29) is 24.0 Å². The molecule has 0 aliphatic carbocycles. The summed E-state index contributed by atoms with van der Waals surface area (Å²) in [5.41, 5.74) is 1.98. The largest absolute Gasteiger partial charge is 0.465 e. The van der Waals surface area contributed by atoms with E-state index in [2.05, 4.69) is 20.1 Å². The molecule has 1 unspecified atom stereocenters. The number of carbonyl (C=O) groups excluding carboxylic acids is 2. The lowest BCUT2D eigenvalue weighted by Crippen LogP contribution is -2.27. The molecule has 1 aromatic carbocycles. The highest BCUT2D eigenvalue weighted by Gasteiger charge is 2.44. The van der Waals surface area contributed by atoms with Gasteiger partial charge in [0.25, 0.3) is 0 Å². The maximum atomic E-state index is 12.9. The molecule has 30 heavy (non-hydrogen) atoms. The molecule has 3 aromatic rings. The lowest BCUT2D eigenvalue weighted by Gasteiger charge is -2.06. The highest BCUT2D eigenvalue weighted by Crippen LogP contribution is 2.29. The van der Waals surface area contributed by atoms with Crippen molar-refractivity contribution in [3.05, 3.63) is 65.0 Å². The highest BCUT2D eigenvalue weighted by molar-refractivity contribution is 6.27. The van der Waals surface area contributed by atoms with Gasteiger partial charge in [0.05, 0.1) is 12.3 Å². The van der Waals surface area contributed by atoms with Gasteiger partial charge in [-0.05, 0) is 54.6 Å². The van der Waals surface area contributed by atoms with E-state index < -0.39 is 17.7 Å². The van der Waals surface area contributed by atoms with Gasteiger partial charge in [-0.3, -0.25) is 9.59 Å². The highest BCUT2D eigenvalue weighted by atomic mass is 16.5. The number of nitroso groups, excluding NO2 is 1. The van der Waals surface area contributed by atoms with E-state index in [9.17, 15) is 14.5 Å². The van der Waals surface area contributed by atoms with Gasteiger partial charge in [0.1, 0.15) is 11.3 Å². The Morgan fingerprint density at radius 1 is 1.27 bits per heavy atom. The van der Waals surface area contributed by atoms with Crippen molar-refractivity contribution in [2.75, 3.05) is 6.61 Å². The van der Waals surface area contributed by atoms with Crippen LogP contribution in [0, 0.1) is 10.8 Å². The monoisotopic (exact) mass is 404 g/mol. The maximum absolute atomic E-state index is 12.9. The molecule has 0 spiro atoms. The van der Waals surface area contributed by atoms with E-state index in [0.29, 0.717) is 16.9 Å². The number of H-pyrrole nitrogens is 1. The number of aromatic nitrogens is 2. The average molecular weight is 404 g/mol. The molecule has 0 bridgehead atoms. The Hall–Kier alpha value is -4.14. The van der Waals surface area contributed by atoms with Crippen molar-refractivity contribution in [3.63, 3.8) is 0 Å². The Bertz CT molecular complexity index is 1190. The van der Waals surface area contributed by atoms with Crippen molar-refractivity contribution >= 4 is 46.1 Å². The summed E-state index contributed by atoms with van der Waals surface area (Å²) in [5.74, 6) is -2.70. The smallest absolute Gasteiger partial charge is 0.326 e. The van der Waals surface area contributed by atoms with Crippen LogP contribution < -0.4 is 0 Å². The fraction of sp³-hybridized carbons (Fsp3) is 0.143. The molecule has 1 fully saturated rings. The third-order valence-electron chi connectivity index (χ3n) is 4.45. The second kappa shape index (κ2) is 8.08. The van der Waals surface area contributed by atoms with Crippen molar-refractivity contribution in [2.24, 2.45) is 16.1 Å². The maximum Gasteiger partial charge on any atom is 0.326 e. The number of rotatable bonds is 5. The van der Waals surface area contributed by atoms with Crippen molar-refractivity contribution in [3.8, 4) is 0 Å². The number of ketones is 1. The van der Waals surface area contributed by atoms with Crippen LogP contribution >= 0.6 is 0 Å². The zero-order valence-electron chi connectivity index (χ0n) is 15.9. The second-order valence-electron chi connectivity index (χ2n) is 6.36. The molecule has 150 valence electrons. The predicted molar refractivity (Wildman–Crippen MR) is 109 cm³/mol. The predicted octanol–water partition coefficient (Wildman–Crippen LogP) is 3.81. The Labute approximate surface area is 170 Å². The van der Waals surface area contributed by atoms with Crippen LogP contribution in [-0.4, -0.2) is 34.2 Å². The minimum absolute atomic E-state index is 0.0252. The fourth-order valence-corrected chi connectivity index (χ4v) is 3.05. The summed E-state index contributed by atoms with van der Waals surface area (Å²) in [4.78, 5) is 47.4.